The Labute approximate surface area is 200 Å². The van der Waals surface area contributed by atoms with Crippen LogP contribution in [-0.2, 0) is 23.7 Å². The van der Waals surface area contributed by atoms with Gasteiger partial charge in [0, 0.05) is 31.1 Å². The van der Waals surface area contributed by atoms with Gasteiger partial charge in [-0.3, -0.25) is 0 Å². The van der Waals surface area contributed by atoms with Crippen LogP contribution in [0.2, 0.25) is 18.1 Å². The first-order valence-electron chi connectivity index (χ1n) is 12.2. The van der Waals surface area contributed by atoms with Crippen molar-refractivity contribution in [1.29, 1.82) is 0 Å². The lowest BCUT2D eigenvalue weighted by Gasteiger charge is -2.40. The molecule has 5 nitrogen and oxygen atoms in total. The number of anilines is 2. The van der Waals surface area contributed by atoms with Crippen LogP contribution >= 0.6 is 0 Å². The summed E-state index contributed by atoms with van der Waals surface area (Å²) in [5.74, 6) is 0. The molecule has 2 unspecified atom stereocenters. The molecule has 2 amide bonds. The SMILES string of the molecule is CN1CC(NC(=O)Nc2cccc3c2CC(O[Si](C)(C)C(C)(C)C)CC3)Cc2ccccc21. The molecule has 6 heteroatoms. The normalized spacial score (nSPS) is 20.6. The predicted octanol–water partition coefficient (Wildman–Crippen LogP) is 5.75. The third kappa shape index (κ3) is 5.27. The van der Waals surface area contributed by atoms with Crippen LogP contribution in [0.3, 0.4) is 0 Å². The van der Waals surface area contributed by atoms with Crippen LogP contribution in [0.1, 0.15) is 43.9 Å². The molecule has 0 saturated carbocycles. The summed E-state index contributed by atoms with van der Waals surface area (Å²) in [6.45, 7) is 12.3. The molecule has 0 bridgehead atoms. The molecule has 2 aromatic rings. The Hall–Kier alpha value is -2.31. The van der Waals surface area contributed by atoms with Crippen molar-refractivity contribution in [3.05, 3.63) is 59.2 Å². The second-order valence-electron chi connectivity index (χ2n) is 11.2. The molecule has 1 heterocycles. The highest BCUT2D eigenvalue weighted by molar-refractivity contribution is 6.74. The van der Waals surface area contributed by atoms with Crippen molar-refractivity contribution in [3.63, 3.8) is 0 Å². The van der Waals surface area contributed by atoms with Crippen molar-refractivity contribution in [3.8, 4) is 0 Å². The second kappa shape index (κ2) is 9.14. The van der Waals surface area contributed by atoms with Gasteiger partial charge in [-0.2, -0.15) is 0 Å². The Morgan fingerprint density at radius 2 is 1.79 bits per heavy atom. The summed E-state index contributed by atoms with van der Waals surface area (Å²) >= 11 is 0. The number of benzene rings is 2. The summed E-state index contributed by atoms with van der Waals surface area (Å²) in [4.78, 5) is 15.2. The first-order valence-corrected chi connectivity index (χ1v) is 15.1. The number of hydrogen-bond acceptors (Lipinski definition) is 3. The predicted molar refractivity (Wildman–Crippen MR) is 140 cm³/mol. The Morgan fingerprint density at radius 3 is 2.55 bits per heavy atom. The standard InChI is InChI=1S/C27H39N3O2Si/c1-27(2,3)33(5,6)32-22-15-14-19-11-9-12-24(23(19)17-22)29-26(31)28-21-16-20-10-7-8-13-25(20)30(4)18-21/h7-13,21-22H,14-18H2,1-6H3,(H2,28,29,31). The average molecular weight is 466 g/mol. The second-order valence-corrected chi connectivity index (χ2v) is 16.0. The lowest BCUT2D eigenvalue weighted by molar-refractivity contribution is 0.165. The average Bonchev–Trinajstić information content (AvgIpc) is 2.73. The zero-order valence-corrected chi connectivity index (χ0v) is 22.0. The van der Waals surface area contributed by atoms with E-state index in [1.54, 1.807) is 0 Å². The number of likely N-dealkylation sites (N-methyl/N-ethyl adjacent to an activating group) is 1. The van der Waals surface area contributed by atoms with E-state index in [1.165, 1.54) is 22.4 Å². The minimum atomic E-state index is -1.83. The molecule has 1 aliphatic heterocycles. The number of nitrogens with one attached hydrogen (secondary N) is 2. The summed E-state index contributed by atoms with van der Waals surface area (Å²) < 4.78 is 6.73. The van der Waals surface area contributed by atoms with E-state index in [9.17, 15) is 4.79 Å². The highest BCUT2D eigenvalue weighted by Crippen LogP contribution is 2.39. The number of carbonyl (C=O) groups excluding carboxylic acids is 1. The zero-order chi connectivity index (χ0) is 23.8. The van der Waals surface area contributed by atoms with E-state index >= 15 is 0 Å². The topological polar surface area (TPSA) is 53.6 Å². The summed E-state index contributed by atoms with van der Waals surface area (Å²) in [6.07, 6.45) is 3.97. The van der Waals surface area contributed by atoms with Gasteiger partial charge in [-0.05, 0) is 72.6 Å². The van der Waals surface area contributed by atoms with Crippen molar-refractivity contribution < 1.29 is 9.22 Å². The van der Waals surface area contributed by atoms with Gasteiger partial charge in [0.15, 0.2) is 8.32 Å². The number of nitrogens with zero attached hydrogens (tertiary/aromatic N) is 1. The Kier molecular flexibility index (Phi) is 6.60. The molecule has 0 aromatic heterocycles. The van der Waals surface area contributed by atoms with Gasteiger partial charge in [-0.1, -0.05) is 51.1 Å². The Bertz CT molecular complexity index is 1010. The Balaban J connectivity index is 1.42. The van der Waals surface area contributed by atoms with E-state index in [-0.39, 0.29) is 23.2 Å². The fourth-order valence-electron chi connectivity index (χ4n) is 4.82. The molecule has 33 heavy (non-hydrogen) atoms. The summed E-state index contributed by atoms with van der Waals surface area (Å²) in [5, 5.41) is 6.55. The third-order valence-corrected chi connectivity index (χ3v) is 12.2. The van der Waals surface area contributed by atoms with Crippen LogP contribution in [0.25, 0.3) is 0 Å². The van der Waals surface area contributed by atoms with E-state index in [1.807, 2.05) is 12.1 Å². The van der Waals surface area contributed by atoms with Gasteiger partial charge in [-0.25, -0.2) is 4.79 Å². The van der Waals surface area contributed by atoms with Gasteiger partial charge in [0.25, 0.3) is 0 Å². The highest BCUT2D eigenvalue weighted by Gasteiger charge is 2.40. The smallest absolute Gasteiger partial charge is 0.319 e. The number of carbonyl (C=O) groups is 1. The van der Waals surface area contributed by atoms with Crippen molar-refractivity contribution in [1.82, 2.24) is 5.32 Å². The molecule has 2 N–H and O–H groups in total. The van der Waals surface area contributed by atoms with Crippen LogP contribution in [0.4, 0.5) is 16.2 Å². The molecule has 0 radical (unpaired) electrons. The Morgan fingerprint density at radius 1 is 1.06 bits per heavy atom. The number of rotatable bonds is 4. The molecule has 4 rings (SSSR count). The molecule has 2 atom stereocenters. The van der Waals surface area contributed by atoms with E-state index in [2.05, 4.69) is 86.8 Å². The fraction of sp³-hybridized carbons (Fsp3) is 0.519. The van der Waals surface area contributed by atoms with Gasteiger partial charge in [0.05, 0.1) is 6.04 Å². The van der Waals surface area contributed by atoms with Crippen LogP contribution in [0.15, 0.2) is 42.5 Å². The van der Waals surface area contributed by atoms with E-state index in [0.717, 1.165) is 37.9 Å². The number of aryl methyl sites for hydroxylation is 1. The monoisotopic (exact) mass is 465 g/mol. The molecule has 1 aliphatic carbocycles. The van der Waals surface area contributed by atoms with Crippen molar-refractivity contribution in [2.75, 3.05) is 23.8 Å². The summed E-state index contributed by atoms with van der Waals surface area (Å²) in [7, 11) is 0.252. The molecule has 2 aliphatic rings. The van der Waals surface area contributed by atoms with Gasteiger partial charge < -0.3 is 20.0 Å². The number of urea groups is 1. The fourth-order valence-corrected chi connectivity index (χ4v) is 6.21. The largest absolute Gasteiger partial charge is 0.414 e. The van der Waals surface area contributed by atoms with Gasteiger partial charge in [0.2, 0.25) is 0 Å². The van der Waals surface area contributed by atoms with Crippen LogP contribution in [-0.4, -0.2) is 40.1 Å². The molecule has 0 spiro atoms. The third-order valence-electron chi connectivity index (χ3n) is 7.65. The number of fused-ring (bicyclic) bond motifs is 2. The van der Waals surface area contributed by atoms with Gasteiger partial charge in [-0.15, -0.1) is 0 Å². The van der Waals surface area contributed by atoms with Crippen LogP contribution in [0, 0.1) is 0 Å². The molecular formula is C27H39N3O2Si. The lowest BCUT2D eigenvalue weighted by Crippen LogP contribution is -2.48. The van der Waals surface area contributed by atoms with E-state index < -0.39 is 8.32 Å². The molecule has 0 saturated heterocycles. The number of amides is 2. The van der Waals surface area contributed by atoms with Crippen LogP contribution < -0.4 is 15.5 Å². The minimum Gasteiger partial charge on any atom is -0.414 e. The van der Waals surface area contributed by atoms with Gasteiger partial charge >= 0.3 is 6.03 Å². The van der Waals surface area contributed by atoms with Crippen LogP contribution in [0.5, 0.6) is 0 Å². The maximum Gasteiger partial charge on any atom is 0.319 e. The van der Waals surface area contributed by atoms with Gasteiger partial charge in [0.1, 0.15) is 0 Å². The minimum absolute atomic E-state index is 0.0825. The maximum absolute atomic E-state index is 13.0. The molecule has 0 fully saturated rings. The van der Waals surface area contributed by atoms with E-state index in [0.29, 0.717) is 0 Å². The first kappa shape index (κ1) is 23.8. The lowest BCUT2D eigenvalue weighted by atomic mass is 9.88. The number of hydrogen-bond donors (Lipinski definition) is 2. The van der Waals surface area contributed by atoms with Crippen molar-refractivity contribution >= 4 is 25.7 Å². The van der Waals surface area contributed by atoms with Crippen molar-refractivity contribution in [2.45, 2.75) is 76.7 Å². The summed E-state index contributed by atoms with van der Waals surface area (Å²) in [5.41, 5.74) is 6.00. The molecular weight excluding hydrogens is 426 g/mol. The zero-order valence-electron chi connectivity index (χ0n) is 21.0. The van der Waals surface area contributed by atoms with Crippen molar-refractivity contribution in [2.24, 2.45) is 0 Å². The number of para-hydroxylation sites is 1. The molecule has 178 valence electrons. The summed E-state index contributed by atoms with van der Waals surface area (Å²) in [6, 6.07) is 14.6. The highest BCUT2D eigenvalue weighted by atomic mass is 28.4. The van der Waals surface area contributed by atoms with E-state index in [4.69, 9.17) is 4.43 Å². The maximum atomic E-state index is 13.0. The first-order chi connectivity index (χ1) is 15.5. The molecule has 2 aromatic carbocycles. The quantitative estimate of drug-likeness (QED) is 0.566.